The third-order valence-corrected chi connectivity index (χ3v) is 9.66. The predicted octanol–water partition coefficient (Wildman–Crippen LogP) is 6.79. The maximum absolute atomic E-state index is 13.8. The van der Waals surface area contributed by atoms with Crippen LogP contribution < -0.4 is 4.74 Å². The van der Waals surface area contributed by atoms with Crippen molar-refractivity contribution in [2.24, 2.45) is 23.7 Å². The van der Waals surface area contributed by atoms with Gasteiger partial charge in [0.25, 0.3) is 17.7 Å². The van der Waals surface area contributed by atoms with E-state index in [9.17, 15) is 24.0 Å². The van der Waals surface area contributed by atoms with E-state index in [0.717, 1.165) is 29.3 Å². The highest BCUT2D eigenvalue weighted by molar-refractivity contribution is 6.42. The number of Topliss-reactive ketones (excluding diaryl/α,β-unsaturated/α-hetero) is 1. The summed E-state index contributed by atoms with van der Waals surface area (Å²) in [4.78, 5) is 67.0. The molecule has 0 unspecified atom stereocenters. The lowest BCUT2D eigenvalue weighted by atomic mass is 9.81. The van der Waals surface area contributed by atoms with E-state index in [0.29, 0.717) is 5.02 Å². The van der Waals surface area contributed by atoms with Gasteiger partial charge in [-0.25, -0.2) is 9.80 Å². The predicted molar refractivity (Wildman–Crippen MR) is 159 cm³/mol. The highest BCUT2D eigenvalue weighted by Gasteiger charge is 2.62. The molecule has 3 aromatic rings. The number of ketones is 1. The van der Waals surface area contributed by atoms with Crippen LogP contribution in [0.4, 0.5) is 0 Å². The van der Waals surface area contributed by atoms with Crippen molar-refractivity contribution in [1.82, 2.24) is 10.0 Å². The standard InChI is InChI=1S/C31H22Cl4N2O6/c32-19-6-9-21(23(34)13-19)31(42)43-20-7-3-15(4-8-20)25(38)14-36(28(39)18-5-10-22(33)24(35)12-18)37-29(40)26-16-1-2-17(11-16)27(26)30(37)41/h3-10,12-13,16-17,26-27H,1-2,11,14H2/t16-,17-,26-,27+/m0/s1. The lowest BCUT2D eigenvalue weighted by Crippen LogP contribution is -2.52. The van der Waals surface area contributed by atoms with Gasteiger partial charge in [0.1, 0.15) is 12.3 Å². The summed E-state index contributed by atoms with van der Waals surface area (Å²) in [6.45, 7) is -0.592. The summed E-state index contributed by atoms with van der Waals surface area (Å²) < 4.78 is 5.37. The average Bonchev–Trinajstić information content (AvgIpc) is 3.66. The number of ether oxygens (including phenoxy) is 1. The molecule has 3 fully saturated rings. The molecule has 2 bridgehead atoms. The van der Waals surface area contributed by atoms with Crippen LogP contribution in [-0.2, 0) is 9.59 Å². The fourth-order valence-electron chi connectivity index (χ4n) is 6.40. The first-order valence-electron chi connectivity index (χ1n) is 13.5. The minimum atomic E-state index is -0.744. The molecule has 4 atom stereocenters. The molecular weight excluding hydrogens is 638 g/mol. The van der Waals surface area contributed by atoms with Crippen LogP contribution in [0.5, 0.6) is 5.75 Å². The zero-order valence-electron chi connectivity index (χ0n) is 22.3. The third-order valence-electron chi connectivity index (χ3n) is 8.38. The molecule has 0 N–H and O–H groups in total. The molecule has 0 aromatic heterocycles. The number of esters is 1. The molecule has 2 saturated carbocycles. The first-order chi connectivity index (χ1) is 20.5. The third kappa shape index (κ3) is 5.42. The zero-order valence-corrected chi connectivity index (χ0v) is 25.3. The first-order valence-corrected chi connectivity index (χ1v) is 15.0. The number of hydrazine groups is 1. The van der Waals surface area contributed by atoms with E-state index < -0.39 is 47.9 Å². The SMILES string of the molecule is O=C(CN(C(=O)c1ccc(Cl)c(Cl)c1)N1C(=O)[C@@H]2[C@H]3CC[C@@H](C3)[C@@H]2C1=O)c1ccc(OC(=O)c2ccc(Cl)cc2Cl)cc1. The van der Waals surface area contributed by atoms with Gasteiger partial charge in [0.05, 0.1) is 32.5 Å². The second-order valence-electron chi connectivity index (χ2n) is 10.8. The summed E-state index contributed by atoms with van der Waals surface area (Å²) in [6, 6.07) is 14.2. The second kappa shape index (κ2) is 11.6. The van der Waals surface area contributed by atoms with E-state index in [1.165, 1.54) is 60.7 Å². The Morgan fingerprint density at radius 2 is 1.40 bits per heavy atom. The number of benzene rings is 3. The number of amides is 3. The van der Waals surface area contributed by atoms with Crippen molar-refractivity contribution in [3.05, 3.63) is 97.4 Å². The fraction of sp³-hybridized carbons (Fsp3) is 0.258. The number of hydrogen-bond acceptors (Lipinski definition) is 6. The van der Waals surface area contributed by atoms with Gasteiger partial charge in [0.15, 0.2) is 5.78 Å². The lowest BCUT2D eigenvalue weighted by Gasteiger charge is -2.31. The molecule has 1 heterocycles. The fourth-order valence-corrected chi connectivity index (χ4v) is 7.18. The van der Waals surface area contributed by atoms with E-state index >= 15 is 0 Å². The molecule has 3 aromatic carbocycles. The van der Waals surface area contributed by atoms with Crippen molar-refractivity contribution in [2.75, 3.05) is 6.54 Å². The second-order valence-corrected chi connectivity index (χ2v) is 12.5. The Morgan fingerprint density at radius 1 is 0.767 bits per heavy atom. The van der Waals surface area contributed by atoms with Crippen LogP contribution >= 0.6 is 46.4 Å². The van der Waals surface area contributed by atoms with E-state index in [-0.39, 0.29) is 49.3 Å². The van der Waals surface area contributed by atoms with Crippen LogP contribution in [-0.4, -0.2) is 46.0 Å². The summed E-state index contributed by atoms with van der Waals surface area (Å²) in [7, 11) is 0. The molecule has 3 aliphatic rings. The van der Waals surface area contributed by atoms with E-state index in [2.05, 4.69) is 0 Å². The number of nitrogens with zero attached hydrogens (tertiary/aromatic N) is 2. The van der Waals surface area contributed by atoms with Crippen molar-refractivity contribution >= 4 is 75.9 Å². The van der Waals surface area contributed by atoms with E-state index in [1.807, 2.05) is 0 Å². The van der Waals surface area contributed by atoms with Gasteiger partial charge >= 0.3 is 5.97 Å². The Morgan fingerprint density at radius 3 is 2.00 bits per heavy atom. The number of rotatable bonds is 7. The smallest absolute Gasteiger partial charge is 0.345 e. The Kier molecular flexibility index (Phi) is 7.98. The number of fused-ring (bicyclic) bond motifs is 5. The van der Waals surface area contributed by atoms with Gasteiger partial charge in [-0.1, -0.05) is 46.4 Å². The van der Waals surface area contributed by atoms with Crippen LogP contribution in [0.1, 0.15) is 50.3 Å². The molecule has 1 saturated heterocycles. The average molecular weight is 660 g/mol. The lowest BCUT2D eigenvalue weighted by molar-refractivity contribution is -0.155. The van der Waals surface area contributed by atoms with Crippen LogP contribution in [0, 0.1) is 23.7 Å². The number of hydrogen-bond donors (Lipinski definition) is 0. The molecule has 220 valence electrons. The van der Waals surface area contributed by atoms with Gasteiger partial charge in [-0.2, -0.15) is 5.01 Å². The maximum atomic E-state index is 13.8. The Balaban J connectivity index is 1.24. The zero-order chi connectivity index (χ0) is 30.6. The van der Waals surface area contributed by atoms with E-state index in [1.54, 1.807) is 0 Å². The molecule has 0 spiro atoms. The van der Waals surface area contributed by atoms with Crippen molar-refractivity contribution in [3.63, 3.8) is 0 Å². The number of imide groups is 1. The Labute approximate surface area is 266 Å². The van der Waals surface area contributed by atoms with Crippen molar-refractivity contribution < 1.29 is 28.7 Å². The summed E-state index contributed by atoms with van der Waals surface area (Å²) in [6.07, 6.45) is 2.54. The van der Waals surface area contributed by atoms with Crippen molar-refractivity contribution in [1.29, 1.82) is 0 Å². The van der Waals surface area contributed by atoms with Crippen molar-refractivity contribution in [2.45, 2.75) is 19.3 Å². The van der Waals surface area contributed by atoms with E-state index in [4.69, 9.17) is 51.1 Å². The molecule has 2 aliphatic carbocycles. The highest BCUT2D eigenvalue weighted by Crippen LogP contribution is 2.56. The summed E-state index contributed by atoms with van der Waals surface area (Å²) in [5.74, 6) is -3.60. The summed E-state index contributed by atoms with van der Waals surface area (Å²) in [5.41, 5.74) is 0.336. The molecule has 3 amide bonds. The molecular formula is C31H22Cl4N2O6. The highest BCUT2D eigenvalue weighted by atomic mass is 35.5. The number of halogens is 4. The minimum Gasteiger partial charge on any atom is -0.423 e. The largest absolute Gasteiger partial charge is 0.423 e. The Hall–Kier alpha value is -3.43. The molecule has 12 heteroatoms. The topological polar surface area (TPSA) is 101 Å². The van der Waals surface area contributed by atoms with Gasteiger partial charge < -0.3 is 4.74 Å². The molecule has 1 aliphatic heterocycles. The van der Waals surface area contributed by atoms with Crippen molar-refractivity contribution in [3.8, 4) is 5.75 Å². The number of carbonyl (C=O) groups excluding carboxylic acids is 5. The number of carbonyl (C=O) groups is 5. The maximum Gasteiger partial charge on any atom is 0.345 e. The van der Waals surface area contributed by atoms with Gasteiger partial charge in [0, 0.05) is 16.1 Å². The summed E-state index contributed by atoms with van der Waals surface area (Å²) in [5, 5.41) is 2.58. The molecule has 0 radical (unpaired) electrons. The van der Waals surface area contributed by atoms with Gasteiger partial charge in [-0.3, -0.25) is 19.2 Å². The quantitative estimate of drug-likeness (QED) is 0.120. The van der Waals surface area contributed by atoms with Crippen LogP contribution in [0.15, 0.2) is 60.7 Å². The van der Waals surface area contributed by atoms with Crippen LogP contribution in [0.2, 0.25) is 20.1 Å². The molecule has 6 rings (SSSR count). The van der Waals surface area contributed by atoms with Gasteiger partial charge in [-0.05, 0) is 91.8 Å². The minimum absolute atomic E-state index is 0.0611. The Bertz CT molecular complexity index is 1670. The van der Waals surface area contributed by atoms with Crippen LogP contribution in [0.3, 0.4) is 0 Å². The van der Waals surface area contributed by atoms with Gasteiger partial charge in [0.2, 0.25) is 0 Å². The summed E-state index contributed by atoms with van der Waals surface area (Å²) >= 11 is 24.1. The molecule has 43 heavy (non-hydrogen) atoms. The monoisotopic (exact) mass is 658 g/mol. The van der Waals surface area contributed by atoms with Crippen LogP contribution in [0.25, 0.3) is 0 Å². The normalized spacial score (nSPS) is 22.1. The van der Waals surface area contributed by atoms with Gasteiger partial charge in [-0.15, -0.1) is 0 Å². The first kappa shape index (κ1) is 29.6. The molecule has 8 nitrogen and oxygen atoms in total.